The maximum atomic E-state index is 12.2. The molecule has 2 rings (SSSR count). The normalized spacial score (nSPS) is 11.4. The lowest BCUT2D eigenvalue weighted by molar-refractivity contribution is -0.0888. The SMILES string of the molecule is CCOc1ccc(Cn2cc(C(=O)C(F)(F)F)nn2)cc1. The van der Waals surface area contributed by atoms with Gasteiger partial charge in [-0.3, -0.25) is 4.79 Å². The van der Waals surface area contributed by atoms with Crippen molar-refractivity contribution in [2.75, 3.05) is 6.61 Å². The Labute approximate surface area is 118 Å². The van der Waals surface area contributed by atoms with Gasteiger partial charge in [0.25, 0.3) is 5.78 Å². The molecule has 0 saturated heterocycles. The van der Waals surface area contributed by atoms with Crippen LogP contribution in [-0.2, 0) is 6.54 Å². The van der Waals surface area contributed by atoms with Crippen molar-refractivity contribution < 1.29 is 22.7 Å². The average Bonchev–Trinajstić information content (AvgIpc) is 2.88. The highest BCUT2D eigenvalue weighted by atomic mass is 19.4. The van der Waals surface area contributed by atoms with Crippen LogP contribution in [0.5, 0.6) is 5.75 Å². The maximum absolute atomic E-state index is 12.2. The topological polar surface area (TPSA) is 57.0 Å². The van der Waals surface area contributed by atoms with Crippen LogP contribution in [0.3, 0.4) is 0 Å². The summed E-state index contributed by atoms with van der Waals surface area (Å²) in [7, 11) is 0. The van der Waals surface area contributed by atoms with E-state index in [-0.39, 0.29) is 6.54 Å². The number of halogens is 3. The van der Waals surface area contributed by atoms with E-state index < -0.39 is 17.7 Å². The molecule has 8 heteroatoms. The zero-order valence-corrected chi connectivity index (χ0v) is 11.1. The Morgan fingerprint density at radius 3 is 2.52 bits per heavy atom. The summed E-state index contributed by atoms with van der Waals surface area (Å²) in [6.07, 6.45) is -3.97. The zero-order chi connectivity index (χ0) is 15.5. The minimum atomic E-state index is -4.94. The van der Waals surface area contributed by atoms with Gasteiger partial charge in [-0.05, 0) is 24.6 Å². The Balaban J connectivity index is 2.07. The first-order valence-electron chi connectivity index (χ1n) is 6.13. The fourth-order valence-electron chi connectivity index (χ4n) is 1.67. The van der Waals surface area contributed by atoms with Crippen LogP contribution in [0.1, 0.15) is 23.0 Å². The van der Waals surface area contributed by atoms with Crippen LogP contribution in [0, 0.1) is 0 Å². The van der Waals surface area contributed by atoms with Gasteiger partial charge in [0.15, 0.2) is 5.69 Å². The fourth-order valence-corrected chi connectivity index (χ4v) is 1.67. The monoisotopic (exact) mass is 299 g/mol. The molecular weight excluding hydrogens is 287 g/mol. The van der Waals surface area contributed by atoms with Gasteiger partial charge < -0.3 is 4.74 Å². The molecule has 1 heterocycles. The third-order valence-corrected chi connectivity index (χ3v) is 2.61. The fraction of sp³-hybridized carbons (Fsp3) is 0.308. The lowest BCUT2D eigenvalue weighted by Gasteiger charge is -2.04. The average molecular weight is 299 g/mol. The first-order valence-corrected chi connectivity index (χ1v) is 6.13. The maximum Gasteiger partial charge on any atom is 0.456 e. The number of ether oxygens (including phenoxy) is 1. The highest BCUT2D eigenvalue weighted by Crippen LogP contribution is 2.20. The van der Waals surface area contributed by atoms with Crippen LogP contribution in [-0.4, -0.2) is 33.6 Å². The Morgan fingerprint density at radius 2 is 1.95 bits per heavy atom. The van der Waals surface area contributed by atoms with E-state index in [1.54, 1.807) is 24.3 Å². The van der Waals surface area contributed by atoms with E-state index in [2.05, 4.69) is 10.3 Å². The summed E-state index contributed by atoms with van der Waals surface area (Å²) in [6.45, 7) is 2.62. The molecule has 0 atom stereocenters. The molecule has 0 N–H and O–H groups in total. The van der Waals surface area contributed by atoms with Gasteiger partial charge in [-0.2, -0.15) is 13.2 Å². The quantitative estimate of drug-likeness (QED) is 0.796. The highest BCUT2D eigenvalue weighted by molar-refractivity contribution is 5.98. The van der Waals surface area contributed by atoms with Crippen molar-refractivity contribution in [3.05, 3.63) is 41.7 Å². The van der Waals surface area contributed by atoms with Crippen LogP contribution < -0.4 is 4.74 Å². The van der Waals surface area contributed by atoms with Crippen LogP contribution in [0.15, 0.2) is 30.5 Å². The van der Waals surface area contributed by atoms with Crippen molar-refractivity contribution in [2.24, 2.45) is 0 Å². The molecule has 0 amide bonds. The number of rotatable bonds is 5. The van der Waals surface area contributed by atoms with Crippen molar-refractivity contribution in [1.29, 1.82) is 0 Å². The second-order valence-electron chi connectivity index (χ2n) is 4.21. The molecule has 5 nitrogen and oxygen atoms in total. The molecule has 21 heavy (non-hydrogen) atoms. The second kappa shape index (κ2) is 5.94. The van der Waals surface area contributed by atoms with Gasteiger partial charge in [0, 0.05) is 0 Å². The molecule has 0 aliphatic rings. The van der Waals surface area contributed by atoms with Crippen molar-refractivity contribution in [3.63, 3.8) is 0 Å². The van der Waals surface area contributed by atoms with Crippen LogP contribution in [0.2, 0.25) is 0 Å². The number of benzene rings is 1. The molecule has 0 saturated carbocycles. The Morgan fingerprint density at radius 1 is 1.29 bits per heavy atom. The Kier molecular flexibility index (Phi) is 4.25. The van der Waals surface area contributed by atoms with Gasteiger partial charge in [-0.15, -0.1) is 5.10 Å². The standard InChI is InChI=1S/C13H12F3N3O2/c1-2-21-10-5-3-9(4-6-10)7-19-8-11(17-18-19)12(20)13(14,15)16/h3-6,8H,2,7H2,1H3. The van der Waals surface area contributed by atoms with E-state index in [0.717, 1.165) is 11.8 Å². The summed E-state index contributed by atoms with van der Waals surface area (Å²) in [5.41, 5.74) is 0.0859. The molecule has 0 aliphatic carbocycles. The molecule has 0 bridgehead atoms. The lowest BCUT2D eigenvalue weighted by atomic mass is 10.2. The largest absolute Gasteiger partial charge is 0.494 e. The van der Waals surface area contributed by atoms with E-state index in [1.807, 2.05) is 6.92 Å². The summed E-state index contributed by atoms with van der Waals surface area (Å²) >= 11 is 0. The number of Topliss-reactive ketones (excluding diaryl/α,β-unsaturated/α-hetero) is 1. The molecule has 1 aromatic heterocycles. The van der Waals surface area contributed by atoms with E-state index in [0.29, 0.717) is 12.4 Å². The first-order chi connectivity index (χ1) is 9.90. The molecule has 112 valence electrons. The summed E-state index contributed by atoms with van der Waals surface area (Å²) in [5, 5.41) is 6.76. The molecule has 0 radical (unpaired) electrons. The summed E-state index contributed by atoms with van der Waals surface area (Å²) in [6, 6.07) is 7.02. The third-order valence-electron chi connectivity index (χ3n) is 2.61. The predicted molar refractivity (Wildman–Crippen MR) is 67.1 cm³/mol. The van der Waals surface area contributed by atoms with Gasteiger partial charge in [0.1, 0.15) is 5.75 Å². The number of ketones is 1. The number of carbonyl (C=O) groups is 1. The number of hydrogen-bond acceptors (Lipinski definition) is 4. The van der Waals surface area contributed by atoms with E-state index >= 15 is 0 Å². The van der Waals surface area contributed by atoms with Crippen molar-refractivity contribution >= 4 is 5.78 Å². The van der Waals surface area contributed by atoms with Crippen LogP contribution in [0.25, 0.3) is 0 Å². The van der Waals surface area contributed by atoms with Crippen LogP contribution >= 0.6 is 0 Å². The van der Waals surface area contributed by atoms with Crippen molar-refractivity contribution in [1.82, 2.24) is 15.0 Å². The molecule has 2 aromatic rings. The Bertz CT molecular complexity index is 620. The number of nitrogens with zero attached hydrogens (tertiary/aromatic N) is 3. The van der Waals surface area contributed by atoms with E-state index in [1.165, 1.54) is 4.68 Å². The number of carbonyl (C=O) groups excluding carboxylic acids is 1. The number of hydrogen-bond donors (Lipinski definition) is 0. The third kappa shape index (κ3) is 3.80. The smallest absolute Gasteiger partial charge is 0.456 e. The summed E-state index contributed by atoms with van der Waals surface area (Å²) in [4.78, 5) is 11.0. The van der Waals surface area contributed by atoms with Crippen molar-refractivity contribution in [3.8, 4) is 5.75 Å². The zero-order valence-electron chi connectivity index (χ0n) is 11.1. The van der Waals surface area contributed by atoms with E-state index in [4.69, 9.17) is 4.74 Å². The molecule has 0 unspecified atom stereocenters. The molecule has 1 aromatic carbocycles. The van der Waals surface area contributed by atoms with Gasteiger partial charge in [-0.25, -0.2) is 4.68 Å². The number of aromatic nitrogens is 3. The summed E-state index contributed by atoms with van der Waals surface area (Å²) < 4.78 is 43.2. The van der Waals surface area contributed by atoms with Gasteiger partial charge in [-0.1, -0.05) is 17.3 Å². The minimum Gasteiger partial charge on any atom is -0.494 e. The lowest BCUT2D eigenvalue weighted by Crippen LogP contribution is -2.23. The molecule has 0 fully saturated rings. The molecule has 0 aliphatic heterocycles. The predicted octanol–water partition coefficient (Wildman–Crippen LogP) is 2.47. The van der Waals surface area contributed by atoms with Crippen molar-refractivity contribution in [2.45, 2.75) is 19.6 Å². The number of alkyl halides is 3. The van der Waals surface area contributed by atoms with Crippen LogP contribution in [0.4, 0.5) is 13.2 Å². The second-order valence-corrected chi connectivity index (χ2v) is 4.21. The molecular formula is C13H12F3N3O2. The minimum absolute atomic E-state index is 0.213. The van der Waals surface area contributed by atoms with Gasteiger partial charge in [0.05, 0.1) is 19.3 Å². The summed E-state index contributed by atoms with van der Waals surface area (Å²) in [5.74, 6) is -1.30. The highest BCUT2D eigenvalue weighted by Gasteiger charge is 2.41. The van der Waals surface area contributed by atoms with Gasteiger partial charge in [0.2, 0.25) is 0 Å². The van der Waals surface area contributed by atoms with Gasteiger partial charge >= 0.3 is 6.18 Å². The first kappa shape index (κ1) is 15.0. The molecule has 0 spiro atoms. The Hall–Kier alpha value is -2.38. The van der Waals surface area contributed by atoms with E-state index in [9.17, 15) is 18.0 Å².